The van der Waals surface area contributed by atoms with Gasteiger partial charge in [-0.1, -0.05) is 45.7 Å². The molecular formula is C16H15BrClN. The van der Waals surface area contributed by atoms with Crippen LogP contribution in [0.3, 0.4) is 0 Å². The highest BCUT2D eigenvalue weighted by Crippen LogP contribution is 2.36. The van der Waals surface area contributed by atoms with Crippen LogP contribution in [0.25, 0.3) is 0 Å². The number of rotatable bonds is 1. The van der Waals surface area contributed by atoms with Crippen LogP contribution in [-0.2, 0) is 6.42 Å². The zero-order valence-corrected chi connectivity index (χ0v) is 13.1. The fourth-order valence-electron chi connectivity index (χ4n) is 2.62. The highest BCUT2D eigenvalue weighted by molar-refractivity contribution is 9.10. The number of halogens is 2. The monoisotopic (exact) mass is 335 g/mol. The average Bonchev–Trinajstić information content (AvgIpc) is 2.39. The van der Waals surface area contributed by atoms with Crippen molar-refractivity contribution in [3.05, 3.63) is 62.6 Å². The first-order valence-corrected chi connectivity index (χ1v) is 7.61. The number of aryl methyl sites for hydroxylation is 2. The first kappa shape index (κ1) is 13.0. The Morgan fingerprint density at radius 1 is 1.26 bits per heavy atom. The molecule has 0 aliphatic carbocycles. The smallest absolute Gasteiger partial charge is 0.0517 e. The molecular weight excluding hydrogens is 322 g/mol. The number of benzene rings is 2. The van der Waals surface area contributed by atoms with Gasteiger partial charge in [-0.2, -0.15) is 0 Å². The van der Waals surface area contributed by atoms with Gasteiger partial charge in [0, 0.05) is 15.2 Å². The summed E-state index contributed by atoms with van der Waals surface area (Å²) in [5.74, 6) is 0. The van der Waals surface area contributed by atoms with Crippen molar-refractivity contribution >= 4 is 33.2 Å². The predicted octanol–water partition coefficient (Wildman–Crippen LogP) is 5.51. The van der Waals surface area contributed by atoms with Gasteiger partial charge in [-0.3, -0.25) is 0 Å². The van der Waals surface area contributed by atoms with Crippen molar-refractivity contribution < 1.29 is 0 Å². The van der Waals surface area contributed by atoms with Gasteiger partial charge >= 0.3 is 0 Å². The number of hydrogen-bond acceptors (Lipinski definition) is 1. The van der Waals surface area contributed by atoms with Gasteiger partial charge in [0.1, 0.15) is 0 Å². The van der Waals surface area contributed by atoms with Gasteiger partial charge in [0.15, 0.2) is 0 Å². The van der Waals surface area contributed by atoms with Gasteiger partial charge in [-0.25, -0.2) is 0 Å². The average molecular weight is 337 g/mol. The van der Waals surface area contributed by atoms with Crippen LogP contribution in [-0.4, -0.2) is 0 Å². The van der Waals surface area contributed by atoms with E-state index in [0.717, 1.165) is 22.3 Å². The Balaban J connectivity index is 1.92. The van der Waals surface area contributed by atoms with E-state index in [9.17, 15) is 0 Å². The maximum atomic E-state index is 6.08. The molecule has 0 saturated heterocycles. The molecule has 2 aromatic carbocycles. The minimum Gasteiger partial charge on any atom is -0.378 e. The Bertz CT molecular complexity index is 624. The normalized spacial score (nSPS) is 17.7. The maximum Gasteiger partial charge on any atom is 0.0517 e. The zero-order valence-electron chi connectivity index (χ0n) is 10.7. The summed E-state index contributed by atoms with van der Waals surface area (Å²) in [5, 5.41) is 4.42. The van der Waals surface area contributed by atoms with E-state index in [2.05, 4.69) is 46.4 Å². The van der Waals surface area contributed by atoms with Crippen molar-refractivity contribution in [2.24, 2.45) is 0 Å². The maximum absolute atomic E-state index is 6.08. The fourth-order valence-corrected chi connectivity index (χ4v) is 3.16. The number of anilines is 1. The summed E-state index contributed by atoms with van der Waals surface area (Å²) in [6.45, 7) is 2.13. The Morgan fingerprint density at radius 2 is 2.11 bits per heavy atom. The largest absolute Gasteiger partial charge is 0.378 e. The lowest BCUT2D eigenvalue weighted by Gasteiger charge is -2.28. The molecule has 0 radical (unpaired) electrons. The van der Waals surface area contributed by atoms with E-state index in [0.29, 0.717) is 6.04 Å². The Hall–Kier alpha value is -0.990. The summed E-state index contributed by atoms with van der Waals surface area (Å²) in [5.41, 5.74) is 5.18. The van der Waals surface area contributed by atoms with E-state index >= 15 is 0 Å². The van der Waals surface area contributed by atoms with Crippen molar-refractivity contribution in [1.29, 1.82) is 0 Å². The van der Waals surface area contributed by atoms with Crippen LogP contribution in [0.4, 0.5) is 5.69 Å². The molecule has 98 valence electrons. The third-order valence-electron chi connectivity index (χ3n) is 3.67. The van der Waals surface area contributed by atoms with Gasteiger partial charge in [0.05, 0.1) is 6.04 Å². The lowest BCUT2D eigenvalue weighted by molar-refractivity contribution is 0.667. The van der Waals surface area contributed by atoms with Crippen LogP contribution in [0.1, 0.15) is 29.2 Å². The molecule has 0 bridgehead atoms. The first-order valence-electron chi connectivity index (χ1n) is 6.44. The van der Waals surface area contributed by atoms with E-state index in [1.807, 2.05) is 18.2 Å². The fraction of sp³-hybridized carbons (Fsp3) is 0.250. The number of nitrogens with one attached hydrogen (secondary N) is 1. The second-order valence-electron chi connectivity index (χ2n) is 5.05. The van der Waals surface area contributed by atoms with Gasteiger partial charge in [-0.15, -0.1) is 0 Å². The van der Waals surface area contributed by atoms with E-state index < -0.39 is 0 Å². The molecule has 2 aromatic rings. The van der Waals surface area contributed by atoms with E-state index in [1.165, 1.54) is 22.4 Å². The van der Waals surface area contributed by atoms with Crippen molar-refractivity contribution in [1.82, 2.24) is 0 Å². The van der Waals surface area contributed by atoms with Crippen molar-refractivity contribution in [2.45, 2.75) is 25.8 Å². The summed E-state index contributed by atoms with van der Waals surface area (Å²) in [6, 6.07) is 12.9. The molecule has 1 unspecified atom stereocenters. The molecule has 1 aliphatic heterocycles. The van der Waals surface area contributed by atoms with Crippen LogP contribution in [0, 0.1) is 6.92 Å². The predicted molar refractivity (Wildman–Crippen MR) is 85.0 cm³/mol. The third kappa shape index (κ3) is 2.65. The quantitative estimate of drug-likeness (QED) is 0.724. The van der Waals surface area contributed by atoms with Crippen LogP contribution in [0.5, 0.6) is 0 Å². The minimum atomic E-state index is 0.348. The highest BCUT2D eigenvalue weighted by atomic mass is 79.9. The molecule has 1 nitrogen and oxygen atoms in total. The van der Waals surface area contributed by atoms with Gasteiger partial charge in [-0.05, 0) is 54.7 Å². The molecule has 0 aromatic heterocycles. The SMILES string of the molecule is Cc1cc2c(cc1Br)NC(c1cccc(Cl)c1)CC2. The van der Waals surface area contributed by atoms with Crippen LogP contribution < -0.4 is 5.32 Å². The summed E-state index contributed by atoms with van der Waals surface area (Å²) in [4.78, 5) is 0. The van der Waals surface area contributed by atoms with Gasteiger partial charge in [0.2, 0.25) is 0 Å². The molecule has 19 heavy (non-hydrogen) atoms. The lowest BCUT2D eigenvalue weighted by atomic mass is 9.92. The van der Waals surface area contributed by atoms with Gasteiger partial charge in [0.25, 0.3) is 0 Å². The van der Waals surface area contributed by atoms with E-state index in [-0.39, 0.29) is 0 Å². The lowest BCUT2D eigenvalue weighted by Crippen LogP contribution is -2.18. The summed E-state index contributed by atoms with van der Waals surface area (Å²) in [6.07, 6.45) is 2.21. The van der Waals surface area contributed by atoms with E-state index in [4.69, 9.17) is 11.6 Å². The summed E-state index contributed by atoms with van der Waals surface area (Å²) in [7, 11) is 0. The first-order chi connectivity index (χ1) is 9.13. The zero-order chi connectivity index (χ0) is 13.4. The van der Waals surface area contributed by atoms with Crippen LogP contribution >= 0.6 is 27.5 Å². The standard InChI is InChI=1S/C16H15BrClN/c1-10-7-12-5-6-15(19-16(12)9-14(10)17)11-3-2-4-13(18)8-11/h2-4,7-9,15,19H,5-6H2,1H3. The molecule has 1 heterocycles. The topological polar surface area (TPSA) is 12.0 Å². The third-order valence-corrected chi connectivity index (χ3v) is 4.76. The molecule has 0 spiro atoms. The molecule has 1 N–H and O–H groups in total. The molecule has 1 atom stereocenters. The highest BCUT2D eigenvalue weighted by Gasteiger charge is 2.20. The van der Waals surface area contributed by atoms with Crippen LogP contribution in [0.15, 0.2) is 40.9 Å². The van der Waals surface area contributed by atoms with E-state index in [1.54, 1.807) is 0 Å². The second-order valence-corrected chi connectivity index (χ2v) is 6.34. The molecule has 0 saturated carbocycles. The molecule has 1 aliphatic rings. The van der Waals surface area contributed by atoms with Crippen molar-refractivity contribution in [3.8, 4) is 0 Å². The Morgan fingerprint density at radius 3 is 2.89 bits per heavy atom. The molecule has 0 amide bonds. The summed E-state index contributed by atoms with van der Waals surface area (Å²) >= 11 is 9.68. The Labute approximate surface area is 127 Å². The Kier molecular flexibility index (Phi) is 3.55. The summed E-state index contributed by atoms with van der Waals surface area (Å²) < 4.78 is 1.16. The number of hydrogen-bond donors (Lipinski definition) is 1. The van der Waals surface area contributed by atoms with Crippen molar-refractivity contribution in [3.63, 3.8) is 0 Å². The van der Waals surface area contributed by atoms with Crippen LogP contribution in [0.2, 0.25) is 5.02 Å². The number of fused-ring (bicyclic) bond motifs is 1. The molecule has 3 heteroatoms. The molecule has 3 rings (SSSR count). The molecule has 0 fully saturated rings. The van der Waals surface area contributed by atoms with Crippen molar-refractivity contribution in [2.75, 3.05) is 5.32 Å². The minimum absolute atomic E-state index is 0.348. The van der Waals surface area contributed by atoms with Gasteiger partial charge < -0.3 is 5.32 Å². The second kappa shape index (κ2) is 5.18.